The number of nitrogens with zero attached hydrogens (tertiary/aromatic N) is 4. The lowest BCUT2D eigenvalue weighted by Crippen LogP contribution is -2.21. The zero-order chi connectivity index (χ0) is 26.3. The quantitative estimate of drug-likeness (QED) is 0.460. The van der Waals surface area contributed by atoms with Gasteiger partial charge in [0, 0.05) is 22.8 Å². The van der Waals surface area contributed by atoms with Crippen LogP contribution in [-0.2, 0) is 15.9 Å². The van der Waals surface area contributed by atoms with Crippen molar-refractivity contribution in [2.45, 2.75) is 36.8 Å². The van der Waals surface area contributed by atoms with Crippen molar-refractivity contribution in [3.63, 3.8) is 0 Å². The van der Waals surface area contributed by atoms with Gasteiger partial charge in [-0.05, 0) is 43.5 Å². The normalized spacial score (nSPS) is 15.2. The first-order valence-electron chi connectivity index (χ1n) is 10.6. The maximum Gasteiger partial charge on any atom is 0.435 e. The summed E-state index contributed by atoms with van der Waals surface area (Å²) in [5.41, 5.74) is -1.63. The zero-order valence-corrected chi connectivity index (χ0v) is 20.2. The number of carbonyl (C=O) groups excluding carboxylic acids is 1. The Balaban J connectivity index is 1.75. The minimum absolute atomic E-state index is 0.0223. The number of alkyl halides is 3. The second-order valence-electron chi connectivity index (χ2n) is 8.16. The molecule has 1 aromatic carbocycles. The molecule has 1 saturated carbocycles. The summed E-state index contributed by atoms with van der Waals surface area (Å²) in [5.74, 6) is -1.50. The molecular weight excluding hydrogens is 501 g/mol. The Labute approximate surface area is 204 Å². The Morgan fingerprint density at radius 1 is 1.19 bits per heavy atom. The molecule has 0 spiro atoms. The van der Waals surface area contributed by atoms with Crippen LogP contribution in [0.4, 0.5) is 18.9 Å². The first-order valence-corrected chi connectivity index (χ1v) is 12.5. The van der Waals surface area contributed by atoms with E-state index in [1.807, 2.05) is 0 Å². The third kappa shape index (κ3) is 5.37. The van der Waals surface area contributed by atoms with E-state index < -0.39 is 44.5 Å². The number of methoxy groups -OCH3 is 1. The number of ether oxygens (including phenoxy) is 2. The van der Waals surface area contributed by atoms with Crippen LogP contribution in [0.5, 0.6) is 17.6 Å². The number of carbonyl (C=O) groups is 1. The maximum absolute atomic E-state index is 13.5. The van der Waals surface area contributed by atoms with Crippen LogP contribution < -0.4 is 14.8 Å². The molecule has 0 aliphatic heterocycles. The molecular formula is C22H21F3N6O4S. The molecule has 2 heterocycles. The lowest BCUT2D eigenvalue weighted by Gasteiger charge is -2.16. The Kier molecular flexibility index (Phi) is 6.56. The van der Waals surface area contributed by atoms with E-state index in [2.05, 4.69) is 25.5 Å². The van der Waals surface area contributed by atoms with Gasteiger partial charge in [-0.1, -0.05) is 6.07 Å². The van der Waals surface area contributed by atoms with Gasteiger partial charge in [-0.25, -0.2) is 19.0 Å². The van der Waals surface area contributed by atoms with Crippen molar-refractivity contribution in [1.82, 2.24) is 20.2 Å². The standard InChI is InChI=1S/C22H21F3N6O4S/c1-11-16(18(32)28-13-5-4-6-14(9-13)36(3,26)33)19(31-30-17(11)22(23,24)25)35-20-21(34-2)29-15(10-27-20)12-7-8-12/h4-6,9-10,12,26H,7-8H2,1-3H3,(H,28,32). The molecule has 1 aliphatic carbocycles. The third-order valence-corrected chi connectivity index (χ3v) is 6.49. The fourth-order valence-corrected chi connectivity index (χ4v) is 4.05. The first-order chi connectivity index (χ1) is 16.9. The number of hydrogen-bond acceptors (Lipinski definition) is 9. The van der Waals surface area contributed by atoms with Gasteiger partial charge in [-0.3, -0.25) is 4.79 Å². The van der Waals surface area contributed by atoms with Crippen molar-refractivity contribution in [3.8, 4) is 17.6 Å². The van der Waals surface area contributed by atoms with E-state index in [-0.39, 0.29) is 28.3 Å². The van der Waals surface area contributed by atoms with Gasteiger partial charge in [0.05, 0.1) is 28.7 Å². The molecule has 1 aliphatic rings. The predicted molar refractivity (Wildman–Crippen MR) is 122 cm³/mol. The van der Waals surface area contributed by atoms with Crippen molar-refractivity contribution >= 4 is 21.3 Å². The SMILES string of the molecule is COc1nc(C2CC2)cnc1Oc1nnc(C(F)(F)F)c(C)c1C(=O)Nc1cccc(S(C)(=N)=O)c1. The molecule has 14 heteroatoms. The molecule has 4 rings (SSSR count). The highest BCUT2D eigenvalue weighted by atomic mass is 32.2. The highest BCUT2D eigenvalue weighted by Gasteiger charge is 2.38. The summed E-state index contributed by atoms with van der Waals surface area (Å²) >= 11 is 0. The average molecular weight is 523 g/mol. The number of amides is 1. The zero-order valence-electron chi connectivity index (χ0n) is 19.3. The number of anilines is 1. The molecule has 10 nitrogen and oxygen atoms in total. The van der Waals surface area contributed by atoms with E-state index in [9.17, 15) is 22.2 Å². The number of hydrogen-bond donors (Lipinski definition) is 2. The largest absolute Gasteiger partial charge is 0.477 e. The van der Waals surface area contributed by atoms with Crippen LogP contribution in [0, 0.1) is 11.7 Å². The minimum Gasteiger partial charge on any atom is -0.477 e. The lowest BCUT2D eigenvalue weighted by molar-refractivity contribution is -0.142. The predicted octanol–water partition coefficient (Wildman–Crippen LogP) is 4.56. The lowest BCUT2D eigenvalue weighted by atomic mass is 10.1. The number of benzene rings is 1. The Bertz CT molecular complexity index is 1440. The Morgan fingerprint density at radius 3 is 2.53 bits per heavy atom. The second-order valence-corrected chi connectivity index (χ2v) is 10.3. The molecule has 1 fully saturated rings. The summed E-state index contributed by atoms with van der Waals surface area (Å²) in [5, 5.41) is 9.18. The third-order valence-electron chi connectivity index (χ3n) is 5.33. The summed E-state index contributed by atoms with van der Waals surface area (Å²) in [7, 11) is -1.77. The Hall–Kier alpha value is -3.81. The van der Waals surface area contributed by atoms with Gasteiger partial charge in [-0.2, -0.15) is 13.2 Å². The van der Waals surface area contributed by atoms with Crippen molar-refractivity contribution in [2.75, 3.05) is 18.7 Å². The van der Waals surface area contributed by atoms with E-state index >= 15 is 0 Å². The summed E-state index contributed by atoms with van der Waals surface area (Å²) in [4.78, 5) is 21.8. The molecule has 36 heavy (non-hydrogen) atoms. The highest BCUT2D eigenvalue weighted by Crippen LogP contribution is 2.41. The van der Waals surface area contributed by atoms with Crippen LogP contribution in [-0.4, -0.2) is 43.6 Å². The van der Waals surface area contributed by atoms with Crippen molar-refractivity contribution in [2.24, 2.45) is 0 Å². The van der Waals surface area contributed by atoms with E-state index in [0.717, 1.165) is 19.8 Å². The van der Waals surface area contributed by atoms with E-state index in [4.69, 9.17) is 14.3 Å². The molecule has 1 unspecified atom stereocenters. The van der Waals surface area contributed by atoms with Crippen LogP contribution in [0.15, 0.2) is 35.4 Å². The van der Waals surface area contributed by atoms with Crippen LogP contribution in [0.1, 0.15) is 46.1 Å². The summed E-state index contributed by atoms with van der Waals surface area (Å²) in [6, 6.07) is 5.64. The van der Waals surface area contributed by atoms with Gasteiger partial charge in [0.25, 0.3) is 23.5 Å². The molecule has 0 bridgehead atoms. The smallest absolute Gasteiger partial charge is 0.435 e. The minimum atomic E-state index is -4.88. The monoisotopic (exact) mass is 522 g/mol. The first kappa shape index (κ1) is 25.3. The van der Waals surface area contributed by atoms with E-state index in [0.29, 0.717) is 5.69 Å². The maximum atomic E-state index is 13.5. The van der Waals surface area contributed by atoms with Gasteiger partial charge >= 0.3 is 6.18 Å². The summed E-state index contributed by atoms with van der Waals surface area (Å²) in [6.45, 7) is 1.07. The molecule has 1 atom stereocenters. The highest BCUT2D eigenvalue weighted by molar-refractivity contribution is 7.91. The van der Waals surface area contributed by atoms with Gasteiger partial charge in [0.2, 0.25) is 0 Å². The van der Waals surface area contributed by atoms with E-state index in [1.54, 1.807) is 0 Å². The topological polar surface area (TPSA) is 140 Å². The van der Waals surface area contributed by atoms with Crippen molar-refractivity contribution in [1.29, 1.82) is 4.78 Å². The fourth-order valence-electron chi connectivity index (χ4n) is 3.36. The summed E-state index contributed by atoms with van der Waals surface area (Å²) < 4.78 is 71.2. The molecule has 0 radical (unpaired) electrons. The van der Waals surface area contributed by atoms with E-state index in [1.165, 1.54) is 43.8 Å². The second kappa shape index (κ2) is 9.33. The van der Waals surface area contributed by atoms with Gasteiger partial charge in [-0.15, -0.1) is 10.2 Å². The Morgan fingerprint density at radius 2 is 1.92 bits per heavy atom. The van der Waals surface area contributed by atoms with Crippen LogP contribution in [0.2, 0.25) is 0 Å². The van der Waals surface area contributed by atoms with Gasteiger partial charge in [0.15, 0.2) is 5.69 Å². The van der Waals surface area contributed by atoms with Gasteiger partial charge < -0.3 is 14.8 Å². The molecule has 2 N–H and O–H groups in total. The van der Waals surface area contributed by atoms with Crippen molar-refractivity contribution < 1.29 is 31.6 Å². The number of aromatic nitrogens is 4. The average Bonchev–Trinajstić information content (AvgIpc) is 3.63. The number of rotatable bonds is 7. The molecule has 190 valence electrons. The molecule has 0 saturated heterocycles. The van der Waals surface area contributed by atoms with Crippen molar-refractivity contribution in [3.05, 3.63) is 53.0 Å². The van der Waals surface area contributed by atoms with Crippen LogP contribution in [0.25, 0.3) is 0 Å². The molecule has 3 aromatic rings. The van der Waals surface area contributed by atoms with Gasteiger partial charge in [0.1, 0.15) is 5.56 Å². The van der Waals surface area contributed by atoms with Crippen LogP contribution >= 0.6 is 0 Å². The number of nitrogens with one attached hydrogen (secondary N) is 2. The molecule has 2 aromatic heterocycles. The molecule has 1 amide bonds. The fraction of sp³-hybridized carbons (Fsp3) is 0.318. The summed E-state index contributed by atoms with van der Waals surface area (Å²) in [6.07, 6.45) is -0.294. The van der Waals surface area contributed by atoms with Crippen LogP contribution in [0.3, 0.4) is 0 Å². The number of halogens is 3.